The van der Waals surface area contributed by atoms with Gasteiger partial charge in [-0.1, -0.05) is 52.2 Å². The molecule has 1 saturated carbocycles. The van der Waals surface area contributed by atoms with Crippen molar-refractivity contribution in [1.29, 1.82) is 0 Å². The van der Waals surface area contributed by atoms with E-state index >= 15 is 0 Å². The average molecular weight is 340 g/mol. The molecule has 0 aliphatic heterocycles. The zero-order valence-electron chi connectivity index (χ0n) is 15.5. The first-order chi connectivity index (χ1) is 11.8. The van der Waals surface area contributed by atoms with Gasteiger partial charge in [0.05, 0.1) is 11.3 Å². The third kappa shape index (κ3) is 4.12. The van der Waals surface area contributed by atoms with E-state index in [1.54, 1.807) is 18.2 Å². The van der Waals surface area contributed by atoms with Crippen LogP contribution < -0.4 is 0 Å². The van der Waals surface area contributed by atoms with Gasteiger partial charge in [-0.15, -0.1) is 0 Å². The van der Waals surface area contributed by atoms with Gasteiger partial charge in [0.2, 0.25) is 0 Å². The second kappa shape index (κ2) is 7.03. The maximum Gasteiger partial charge on any atom is 0.335 e. The lowest BCUT2D eigenvalue weighted by Gasteiger charge is -2.25. The first-order valence-electron chi connectivity index (χ1n) is 9.26. The van der Waals surface area contributed by atoms with E-state index in [4.69, 9.17) is 4.98 Å². The summed E-state index contributed by atoms with van der Waals surface area (Å²) in [5.74, 6) is 0.899. The molecule has 1 heterocycles. The molecular formula is C21H28N2O2. The van der Waals surface area contributed by atoms with Crippen LogP contribution in [0.5, 0.6) is 0 Å². The highest BCUT2D eigenvalue weighted by Crippen LogP contribution is 2.30. The Kier molecular flexibility index (Phi) is 4.98. The number of carbonyl (C=O) groups is 1. The molecular weight excluding hydrogens is 312 g/mol. The predicted octanol–water partition coefficient (Wildman–Crippen LogP) is 5.13. The van der Waals surface area contributed by atoms with Gasteiger partial charge in [0.25, 0.3) is 0 Å². The number of carboxylic acid groups (broad SMARTS) is 1. The Morgan fingerprint density at radius 2 is 1.96 bits per heavy atom. The summed E-state index contributed by atoms with van der Waals surface area (Å²) in [6.45, 7) is 7.57. The molecule has 1 aromatic carbocycles. The van der Waals surface area contributed by atoms with Crippen molar-refractivity contribution in [2.24, 2.45) is 5.92 Å². The third-order valence-electron chi connectivity index (χ3n) is 5.03. The van der Waals surface area contributed by atoms with Crippen molar-refractivity contribution in [3.8, 4) is 11.3 Å². The molecule has 1 N–H and O–H groups in total. The topological polar surface area (TPSA) is 55.1 Å². The van der Waals surface area contributed by atoms with Gasteiger partial charge in [-0.3, -0.25) is 0 Å². The summed E-state index contributed by atoms with van der Waals surface area (Å²) in [5, 5.41) is 9.24. The van der Waals surface area contributed by atoms with Gasteiger partial charge in [-0.2, -0.15) is 0 Å². The maximum absolute atomic E-state index is 11.3. The lowest BCUT2D eigenvalue weighted by atomic mass is 9.88. The molecule has 0 saturated heterocycles. The summed E-state index contributed by atoms with van der Waals surface area (Å²) < 4.78 is 2.30. The van der Waals surface area contributed by atoms with Gasteiger partial charge >= 0.3 is 5.97 Å². The Balaban J connectivity index is 1.95. The van der Waals surface area contributed by atoms with Crippen LogP contribution >= 0.6 is 0 Å². The smallest absolute Gasteiger partial charge is 0.335 e. The Morgan fingerprint density at radius 3 is 2.60 bits per heavy atom. The first kappa shape index (κ1) is 17.7. The SMILES string of the molecule is CC(C)(C)c1nc(-c2cccc(C(=O)O)c2)cn1CC1CCCCC1. The molecule has 1 fully saturated rings. The second-order valence-electron chi connectivity index (χ2n) is 8.24. The van der Waals surface area contributed by atoms with Gasteiger partial charge in [0.15, 0.2) is 0 Å². The van der Waals surface area contributed by atoms with Gasteiger partial charge in [0, 0.05) is 23.7 Å². The zero-order valence-corrected chi connectivity index (χ0v) is 15.5. The molecule has 3 rings (SSSR count). The summed E-state index contributed by atoms with van der Waals surface area (Å²) in [7, 11) is 0. The van der Waals surface area contributed by atoms with Crippen LogP contribution in [0, 0.1) is 5.92 Å². The maximum atomic E-state index is 11.3. The van der Waals surface area contributed by atoms with Crippen molar-refractivity contribution in [3.63, 3.8) is 0 Å². The third-order valence-corrected chi connectivity index (χ3v) is 5.03. The first-order valence-corrected chi connectivity index (χ1v) is 9.26. The van der Waals surface area contributed by atoms with Crippen molar-refractivity contribution in [1.82, 2.24) is 9.55 Å². The van der Waals surface area contributed by atoms with Crippen molar-refractivity contribution in [2.75, 3.05) is 0 Å². The molecule has 1 aliphatic carbocycles. The van der Waals surface area contributed by atoms with Crippen LogP contribution in [0.25, 0.3) is 11.3 Å². The van der Waals surface area contributed by atoms with E-state index in [9.17, 15) is 9.90 Å². The Labute approximate surface area is 149 Å². The number of benzene rings is 1. The van der Waals surface area contributed by atoms with Gasteiger partial charge < -0.3 is 9.67 Å². The minimum absolute atomic E-state index is 0.0443. The molecule has 25 heavy (non-hydrogen) atoms. The standard InChI is InChI=1S/C21H28N2O2/c1-21(2,3)20-22-18(16-10-7-11-17(12-16)19(24)25)14-23(20)13-15-8-5-4-6-9-15/h7,10-12,14-15H,4-6,8-9,13H2,1-3H3,(H,24,25). The largest absolute Gasteiger partial charge is 0.478 e. The molecule has 4 heteroatoms. The van der Waals surface area contributed by atoms with Crippen LogP contribution in [-0.2, 0) is 12.0 Å². The lowest BCUT2D eigenvalue weighted by molar-refractivity contribution is 0.0697. The average Bonchev–Trinajstić information content (AvgIpc) is 3.00. The molecule has 1 aromatic heterocycles. The minimum atomic E-state index is -0.903. The molecule has 4 nitrogen and oxygen atoms in total. The van der Waals surface area contributed by atoms with E-state index in [0.29, 0.717) is 5.56 Å². The van der Waals surface area contributed by atoms with Crippen molar-refractivity contribution in [3.05, 3.63) is 41.9 Å². The van der Waals surface area contributed by atoms with Gasteiger partial charge in [-0.05, 0) is 30.9 Å². The Hall–Kier alpha value is -2.10. The molecule has 134 valence electrons. The molecule has 2 aromatic rings. The predicted molar refractivity (Wildman–Crippen MR) is 99.9 cm³/mol. The van der Waals surface area contributed by atoms with E-state index in [0.717, 1.165) is 29.5 Å². The summed E-state index contributed by atoms with van der Waals surface area (Å²) in [6.07, 6.45) is 8.72. The lowest BCUT2D eigenvalue weighted by Crippen LogP contribution is -2.22. The Bertz CT molecular complexity index is 749. The molecule has 0 radical (unpaired) electrons. The monoisotopic (exact) mass is 340 g/mol. The number of hydrogen-bond donors (Lipinski definition) is 1. The van der Waals surface area contributed by atoms with Crippen molar-refractivity contribution < 1.29 is 9.90 Å². The van der Waals surface area contributed by atoms with Gasteiger partial charge in [0.1, 0.15) is 5.82 Å². The molecule has 0 bridgehead atoms. The van der Waals surface area contributed by atoms with Crippen molar-refractivity contribution >= 4 is 5.97 Å². The highest BCUT2D eigenvalue weighted by Gasteiger charge is 2.24. The fourth-order valence-electron chi connectivity index (χ4n) is 3.75. The number of rotatable bonds is 4. The summed E-state index contributed by atoms with van der Waals surface area (Å²) in [5.41, 5.74) is 1.99. The summed E-state index contributed by atoms with van der Waals surface area (Å²) in [4.78, 5) is 16.1. The van der Waals surface area contributed by atoms with Gasteiger partial charge in [-0.25, -0.2) is 9.78 Å². The van der Waals surface area contributed by atoms with E-state index in [-0.39, 0.29) is 5.41 Å². The Morgan fingerprint density at radius 1 is 1.24 bits per heavy atom. The molecule has 0 amide bonds. The fourth-order valence-corrected chi connectivity index (χ4v) is 3.75. The zero-order chi connectivity index (χ0) is 18.0. The van der Waals surface area contributed by atoms with E-state index in [2.05, 4.69) is 31.5 Å². The van der Waals surface area contributed by atoms with E-state index in [1.807, 2.05) is 6.07 Å². The number of aromatic nitrogens is 2. The van der Waals surface area contributed by atoms with E-state index in [1.165, 1.54) is 32.1 Å². The summed E-state index contributed by atoms with van der Waals surface area (Å²) >= 11 is 0. The normalized spacial score (nSPS) is 16.1. The second-order valence-corrected chi connectivity index (χ2v) is 8.24. The van der Waals surface area contributed by atoms with Crippen LogP contribution in [0.2, 0.25) is 0 Å². The van der Waals surface area contributed by atoms with Crippen LogP contribution in [0.4, 0.5) is 0 Å². The highest BCUT2D eigenvalue weighted by molar-refractivity contribution is 5.89. The van der Waals surface area contributed by atoms with Crippen LogP contribution in [-0.4, -0.2) is 20.6 Å². The number of hydrogen-bond acceptors (Lipinski definition) is 2. The number of imidazole rings is 1. The molecule has 1 aliphatic rings. The van der Waals surface area contributed by atoms with E-state index < -0.39 is 5.97 Å². The fraction of sp³-hybridized carbons (Fsp3) is 0.524. The van der Waals surface area contributed by atoms with Crippen LogP contribution in [0.1, 0.15) is 69.1 Å². The van der Waals surface area contributed by atoms with Crippen LogP contribution in [0.15, 0.2) is 30.5 Å². The van der Waals surface area contributed by atoms with Crippen LogP contribution in [0.3, 0.4) is 0 Å². The quantitative estimate of drug-likeness (QED) is 0.840. The molecule has 0 atom stereocenters. The summed E-state index contributed by atoms with van der Waals surface area (Å²) in [6, 6.07) is 7.06. The number of carboxylic acids is 1. The number of nitrogens with zero attached hydrogens (tertiary/aromatic N) is 2. The molecule has 0 spiro atoms. The minimum Gasteiger partial charge on any atom is -0.478 e. The molecule has 0 unspecified atom stereocenters. The highest BCUT2D eigenvalue weighted by atomic mass is 16.4. The van der Waals surface area contributed by atoms with Crippen molar-refractivity contribution in [2.45, 2.75) is 64.8 Å². The number of aromatic carboxylic acids is 1.